The number of aryl methyl sites for hydroxylation is 2. The Kier molecular flexibility index (Phi) is 6.73. The van der Waals surface area contributed by atoms with Gasteiger partial charge in [-0.15, -0.1) is 0 Å². The third-order valence-electron chi connectivity index (χ3n) is 5.69. The van der Waals surface area contributed by atoms with E-state index < -0.39 is 0 Å². The van der Waals surface area contributed by atoms with Crippen LogP contribution in [0.4, 0.5) is 10.5 Å². The quantitative estimate of drug-likeness (QED) is 0.789. The molecule has 1 saturated carbocycles. The zero-order chi connectivity index (χ0) is 20.1. The fourth-order valence-corrected chi connectivity index (χ4v) is 4.27. The number of amides is 2. The van der Waals surface area contributed by atoms with E-state index in [4.69, 9.17) is 0 Å². The van der Waals surface area contributed by atoms with Crippen molar-refractivity contribution in [3.63, 3.8) is 0 Å². The molecule has 1 heterocycles. The van der Waals surface area contributed by atoms with E-state index in [9.17, 15) is 4.79 Å². The van der Waals surface area contributed by atoms with Gasteiger partial charge < -0.3 is 15.5 Å². The third-order valence-corrected chi connectivity index (χ3v) is 5.69. The molecule has 0 unspecified atom stereocenters. The van der Waals surface area contributed by atoms with Crippen LogP contribution in [0.1, 0.15) is 43.5 Å². The van der Waals surface area contributed by atoms with Gasteiger partial charge in [0.1, 0.15) is 0 Å². The molecule has 2 amide bonds. The number of hydrogen-bond donors (Lipinski definition) is 2. The van der Waals surface area contributed by atoms with E-state index in [-0.39, 0.29) is 6.03 Å². The minimum Gasteiger partial charge on any atom is -0.336 e. The second kappa shape index (κ2) is 9.24. The zero-order valence-electron chi connectivity index (χ0n) is 17.5. The summed E-state index contributed by atoms with van der Waals surface area (Å²) in [6.07, 6.45) is 6.48. The minimum absolute atomic E-state index is 0.159. The summed E-state index contributed by atoms with van der Waals surface area (Å²) in [4.78, 5) is 14.7. The van der Waals surface area contributed by atoms with Gasteiger partial charge in [0, 0.05) is 24.0 Å². The van der Waals surface area contributed by atoms with E-state index in [2.05, 4.69) is 34.7 Å². The number of carbonyl (C=O) groups is 1. The largest absolute Gasteiger partial charge is 0.336 e. The molecule has 28 heavy (non-hydrogen) atoms. The molecule has 2 aromatic rings. The Balaban J connectivity index is 1.60. The monoisotopic (exact) mass is 383 g/mol. The normalized spacial score (nSPS) is 16.2. The standard InChI is InChI=1S/C22H33N5O/c1-16-13-17(2)27(25-16)20-12-8-11-19(14-20)24-22(28)23-15-21(26(3)4)18-9-6-5-7-10-18/h8,11-14,18,21H,5-7,9-10,15H2,1-4H3,(H2,23,24,28)/t21-/m0/s1. The molecule has 1 aliphatic rings. The van der Waals surface area contributed by atoms with Gasteiger partial charge in [-0.1, -0.05) is 25.3 Å². The van der Waals surface area contributed by atoms with Crippen molar-refractivity contribution in [1.29, 1.82) is 0 Å². The van der Waals surface area contributed by atoms with Crippen molar-refractivity contribution < 1.29 is 4.79 Å². The van der Waals surface area contributed by atoms with Gasteiger partial charge in [0.2, 0.25) is 0 Å². The number of rotatable bonds is 6. The highest BCUT2D eigenvalue weighted by atomic mass is 16.2. The number of likely N-dealkylation sites (N-methyl/N-ethyl adjacent to an activating group) is 1. The van der Waals surface area contributed by atoms with Gasteiger partial charge in [-0.3, -0.25) is 0 Å². The Morgan fingerprint density at radius 2 is 1.96 bits per heavy atom. The van der Waals surface area contributed by atoms with Gasteiger partial charge in [0.05, 0.1) is 11.4 Å². The van der Waals surface area contributed by atoms with Gasteiger partial charge in [-0.2, -0.15) is 5.10 Å². The highest BCUT2D eigenvalue weighted by molar-refractivity contribution is 5.89. The van der Waals surface area contributed by atoms with Crippen LogP contribution >= 0.6 is 0 Å². The molecule has 152 valence electrons. The number of anilines is 1. The number of benzene rings is 1. The van der Waals surface area contributed by atoms with E-state index in [1.807, 2.05) is 48.9 Å². The van der Waals surface area contributed by atoms with E-state index in [0.717, 1.165) is 22.8 Å². The molecule has 1 atom stereocenters. The van der Waals surface area contributed by atoms with E-state index in [1.165, 1.54) is 32.1 Å². The summed E-state index contributed by atoms with van der Waals surface area (Å²) in [5.41, 5.74) is 3.75. The number of urea groups is 1. The van der Waals surface area contributed by atoms with Gasteiger partial charge in [0.15, 0.2) is 0 Å². The number of nitrogens with zero attached hydrogens (tertiary/aromatic N) is 3. The maximum absolute atomic E-state index is 12.5. The van der Waals surface area contributed by atoms with Crippen LogP contribution in [-0.2, 0) is 0 Å². The lowest BCUT2D eigenvalue weighted by Gasteiger charge is -2.34. The molecule has 0 bridgehead atoms. The lowest BCUT2D eigenvalue weighted by Crippen LogP contribution is -2.46. The van der Waals surface area contributed by atoms with Crippen molar-refractivity contribution in [1.82, 2.24) is 20.0 Å². The first kappa shape index (κ1) is 20.4. The molecule has 6 heteroatoms. The Hall–Kier alpha value is -2.34. The summed E-state index contributed by atoms with van der Waals surface area (Å²) in [5, 5.41) is 10.6. The van der Waals surface area contributed by atoms with Crippen molar-refractivity contribution in [3.8, 4) is 5.69 Å². The van der Waals surface area contributed by atoms with E-state index in [1.54, 1.807) is 0 Å². The van der Waals surface area contributed by atoms with Crippen LogP contribution in [0.15, 0.2) is 30.3 Å². The summed E-state index contributed by atoms with van der Waals surface area (Å²) < 4.78 is 1.89. The van der Waals surface area contributed by atoms with Crippen LogP contribution in [0.3, 0.4) is 0 Å². The number of hydrogen-bond acceptors (Lipinski definition) is 3. The molecule has 0 radical (unpaired) electrons. The van der Waals surface area contributed by atoms with Gasteiger partial charge in [-0.05, 0) is 71.0 Å². The van der Waals surface area contributed by atoms with Crippen LogP contribution in [0.25, 0.3) is 5.69 Å². The van der Waals surface area contributed by atoms with Crippen LogP contribution < -0.4 is 10.6 Å². The van der Waals surface area contributed by atoms with Crippen molar-refractivity contribution in [2.75, 3.05) is 26.0 Å². The van der Waals surface area contributed by atoms with Crippen LogP contribution in [-0.4, -0.2) is 47.4 Å². The van der Waals surface area contributed by atoms with Crippen molar-refractivity contribution in [2.45, 2.75) is 52.0 Å². The Bertz CT molecular complexity index is 792. The summed E-state index contributed by atoms with van der Waals surface area (Å²) >= 11 is 0. The summed E-state index contributed by atoms with van der Waals surface area (Å²) in [7, 11) is 4.22. The first-order valence-corrected chi connectivity index (χ1v) is 10.3. The van der Waals surface area contributed by atoms with Gasteiger partial charge >= 0.3 is 6.03 Å². The molecule has 1 aliphatic carbocycles. The van der Waals surface area contributed by atoms with Crippen molar-refractivity contribution in [3.05, 3.63) is 41.7 Å². The highest BCUT2D eigenvalue weighted by Gasteiger charge is 2.25. The Morgan fingerprint density at radius 3 is 2.61 bits per heavy atom. The Morgan fingerprint density at radius 1 is 1.21 bits per heavy atom. The molecule has 0 spiro atoms. The smallest absolute Gasteiger partial charge is 0.319 e. The zero-order valence-corrected chi connectivity index (χ0v) is 17.5. The van der Waals surface area contributed by atoms with Crippen molar-refractivity contribution in [2.24, 2.45) is 5.92 Å². The predicted octanol–water partition coefficient (Wildman–Crippen LogP) is 4.12. The SMILES string of the molecule is Cc1cc(C)n(-c2cccc(NC(=O)NC[C@@H](C3CCCCC3)N(C)C)c2)n1. The topological polar surface area (TPSA) is 62.2 Å². The lowest BCUT2D eigenvalue weighted by atomic mass is 9.83. The second-order valence-electron chi connectivity index (χ2n) is 8.15. The molecule has 0 aliphatic heterocycles. The second-order valence-corrected chi connectivity index (χ2v) is 8.15. The van der Waals surface area contributed by atoms with Crippen LogP contribution in [0, 0.1) is 19.8 Å². The van der Waals surface area contributed by atoms with Crippen molar-refractivity contribution >= 4 is 11.7 Å². The fourth-order valence-electron chi connectivity index (χ4n) is 4.27. The number of carbonyl (C=O) groups excluding carboxylic acids is 1. The summed E-state index contributed by atoms with van der Waals surface area (Å²) in [6, 6.07) is 10.0. The van der Waals surface area contributed by atoms with E-state index in [0.29, 0.717) is 18.5 Å². The first-order chi connectivity index (χ1) is 13.4. The minimum atomic E-state index is -0.159. The average molecular weight is 384 g/mol. The Labute approximate surface area is 168 Å². The average Bonchev–Trinajstić information content (AvgIpc) is 3.01. The van der Waals surface area contributed by atoms with E-state index >= 15 is 0 Å². The lowest BCUT2D eigenvalue weighted by molar-refractivity contribution is 0.167. The maximum atomic E-state index is 12.5. The molecule has 2 N–H and O–H groups in total. The highest BCUT2D eigenvalue weighted by Crippen LogP contribution is 2.28. The predicted molar refractivity (Wildman–Crippen MR) is 114 cm³/mol. The van der Waals surface area contributed by atoms with Crippen LogP contribution in [0.5, 0.6) is 0 Å². The molecule has 1 fully saturated rings. The molecule has 6 nitrogen and oxygen atoms in total. The molecular formula is C22H33N5O. The first-order valence-electron chi connectivity index (χ1n) is 10.3. The summed E-state index contributed by atoms with van der Waals surface area (Å²) in [5.74, 6) is 0.665. The third kappa shape index (κ3) is 5.13. The number of nitrogens with one attached hydrogen (secondary N) is 2. The molecular weight excluding hydrogens is 350 g/mol. The molecule has 1 aromatic carbocycles. The fraction of sp³-hybridized carbons (Fsp3) is 0.545. The summed E-state index contributed by atoms with van der Waals surface area (Å²) in [6.45, 7) is 4.67. The molecule has 1 aromatic heterocycles. The van der Waals surface area contributed by atoms with Gasteiger partial charge in [0.25, 0.3) is 0 Å². The van der Waals surface area contributed by atoms with Gasteiger partial charge in [-0.25, -0.2) is 9.48 Å². The van der Waals surface area contributed by atoms with Crippen LogP contribution in [0.2, 0.25) is 0 Å². The molecule has 0 saturated heterocycles. The number of aromatic nitrogens is 2. The maximum Gasteiger partial charge on any atom is 0.319 e. The molecule has 3 rings (SSSR count).